The highest BCUT2D eigenvalue weighted by atomic mass is 32.2. The average Bonchev–Trinajstić information content (AvgIpc) is 2.48. The smallest absolute Gasteiger partial charge is 0.303 e. The van der Waals surface area contributed by atoms with Gasteiger partial charge in [0.2, 0.25) is 15.9 Å². The van der Waals surface area contributed by atoms with Gasteiger partial charge in [-0.2, -0.15) is 0 Å². The Morgan fingerprint density at radius 1 is 1.39 bits per heavy atom. The first kappa shape index (κ1) is 17.4. The van der Waals surface area contributed by atoms with Crippen LogP contribution in [0.5, 0.6) is 0 Å². The molecule has 0 spiro atoms. The van der Waals surface area contributed by atoms with Gasteiger partial charge in [0.15, 0.2) is 4.75 Å². The van der Waals surface area contributed by atoms with Gasteiger partial charge in [0.05, 0.1) is 0 Å². The van der Waals surface area contributed by atoms with Gasteiger partial charge in [0, 0.05) is 18.7 Å². The Hall–Kier alpha value is -1.93. The van der Waals surface area contributed by atoms with Crippen LogP contribution in [0.1, 0.15) is 31.7 Å². The molecule has 1 atom stereocenters. The minimum atomic E-state index is -3.71. The first-order valence-corrected chi connectivity index (χ1v) is 8.84. The number of carboxylic acid groups (broad SMARTS) is 1. The molecule has 0 saturated carbocycles. The van der Waals surface area contributed by atoms with Crippen molar-refractivity contribution in [2.24, 2.45) is 0 Å². The first-order chi connectivity index (χ1) is 10.7. The minimum Gasteiger partial charge on any atom is -0.481 e. The molecule has 2 rings (SSSR count). The molecule has 1 heterocycles. The Labute approximate surface area is 135 Å². The fraction of sp³-hybridized carbons (Fsp3) is 0.467. The van der Waals surface area contributed by atoms with E-state index in [2.05, 4.69) is 10.0 Å². The largest absolute Gasteiger partial charge is 0.481 e. The van der Waals surface area contributed by atoms with E-state index in [-0.39, 0.29) is 12.8 Å². The molecule has 8 heteroatoms. The number of nitrogens with one attached hydrogen (secondary N) is 2. The van der Waals surface area contributed by atoms with E-state index in [0.29, 0.717) is 25.1 Å². The summed E-state index contributed by atoms with van der Waals surface area (Å²) in [5, 5.41) is 11.3. The summed E-state index contributed by atoms with van der Waals surface area (Å²) < 4.78 is 25.2. The van der Waals surface area contributed by atoms with Crippen LogP contribution < -0.4 is 10.0 Å². The van der Waals surface area contributed by atoms with Gasteiger partial charge in [0.25, 0.3) is 0 Å². The van der Waals surface area contributed by atoms with E-state index in [1.54, 1.807) is 24.3 Å². The Bertz CT molecular complexity index is 716. The molecule has 0 aromatic heterocycles. The highest BCUT2D eigenvalue weighted by molar-refractivity contribution is 7.91. The van der Waals surface area contributed by atoms with Crippen molar-refractivity contribution in [3.8, 4) is 0 Å². The van der Waals surface area contributed by atoms with E-state index in [1.807, 2.05) is 0 Å². The zero-order valence-electron chi connectivity index (χ0n) is 12.8. The molecular weight excluding hydrogens is 320 g/mol. The van der Waals surface area contributed by atoms with E-state index in [9.17, 15) is 18.0 Å². The maximum atomic E-state index is 12.5. The third-order valence-corrected chi connectivity index (χ3v) is 6.17. The number of anilines is 1. The summed E-state index contributed by atoms with van der Waals surface area (Å²) in [6.45, 7) is 1.76. The number of benzene rings is 1. The van der Waals surface area contributed by atoms with Crippen LogP contribution in [0.3, 0.4) is 0 Å². The molecule has 0 bridgehead atoms. The zero-order valence-corrected chi connectivity index (χ0v) is 13.6. The van der Waals surface area contributed by atoms with Gasteiger partial charge in [0.1, 0.15) is 0 Å². The molecule has 7 nitrogen and oxygen atoms in total. The highest BCUT2D eigenvalue weighted by Crippen LogP contribution is 2.28. The molecule has 0 aliphatic carbocycles. The van der Waals surface area contributed by atoms with Crippen molar-refractivity contribution in [3.63, 3.8) is 0 Å². The molecule has 1 unspecified atom stereocenters. The van der Waals surface area contributed by atoms with Gasteiger partial charge < -0.3 is 10.4 Å². The number of amides is 1. The van der Waals surface area contributed by atoms with Crippen molar-refractivity contribution in [1.29, 1.82) is 0 Å². The van der Waals surface area contributed by atoms with E-state index in [0.717, 1.165) is 5.56 Å². The number of hydrogen-bond donors (Lipinski definition) is 3. The quantitative estimate of drug-likeness (QED) is 0.743. The normalized spacial score (nSPS) is 23.2. The van der Waals surface area contributed by atoms with E-state index < -0.39 is 26.6 Å². The monoisotopic (exact) mass is 340 g/mol. The second-order valence-electron chi connectivity index (χ2n) is 5.78. The topological polar surface area (TPSA) is 113 Å². The Kier molecular flexibility index (Phi) is 5.06. The van der Waals surface area contributed by atoms with Crippen molar-refractivity contribution in [1.82, 2.24) is 4.72 Å². The van der Waals surface area contributed by atoms with Crippen molar-refractivity contribution in [2.75, 3.05) is 11.9 Å². The van der Waals surface area contributed by atoms with Gasteiger partial charge in [-0.3, -0.25) is 9.59 Å². The van der Waals surface area contributed by atoms with Crippen molar-refractivity contribution < 1.29 is 23.1 Å². The van der Waals surface area contributed by atoms with Crippen molar-refractivity contribution in [3.05, 3.63) is 29.8 Å². The number of carboxylic acids is 1. The van der Waals surface area contributed by atoms with Crippen LogP contribution in [0.25, 0.3) is 0 Å². The van der Waals surface area contributed by atoms with Crippen LogP contribution in [-0.4, -0.2) is 36.7 Å². The SMILES string of the molecule is CC1(C(=O)Nc2cccc(CCC(=O)O)c2)CCCNS1(=O)=O. The minimum absolute atomic E-state index is 0.00653. The molecule has 1 aromatic carbocycles. The third-order valence-electron chi connectivity index (χ3n) is 4.01. The molecule has 1 aromatic rings. The van der Waals surface area contributed by atoms with Crippen LogP contribution in [0, 0.1) is 0 Å². The molecule has 0 radical (unpaired) electrons. The molecule has 126 valence electrons. The van der Waals surface area contributed by atoms with Crippen molar-refractivity contribution in [2.45, 2.75) is 37.4 Å². The number of carbonyl (C=O) groups excluding carboxylic acids is 1. The van der Waals surface area contributed by atoms with Crippen LogP contribution in [-0.2, 0) is 26.0 Å². The van der Waals surface area contributed by atoms with Crippen LogP contribution >= 0.6 is 0 Å². The number of carbonyl (C=O) groups is 2. The predicted octanol–water partition coefficient (Wildman–Crippen LogP) is 1.11. The fourth-order valence-electron chi connectivity index (χ4n) is 2.48. The summed E-state index contributed by atoms with van der Waals surface area (Å²) in [7, 11) is -3.71. The average molecular weight is 340 g/mol. The Balaban J connectivity index is 2.14. The number of aryl methyl sites for hydroxylation is 1. The fourth-order valence-corrected chi connectivity index (χ4v) is 3.92. The zero-order chi connectivity index (χ0) is 17.1. The van der Waals surface area contributed by atoms with Gasteiger partial charge >= 0.3 is 5.97 Å². The molecule has 1 saturated heterocycles. The molecular formula is C15H20N2O5S. The lowest BCUT2D eigenvalue weighted by Crippen LogP contribution is -2.55. The summed E-state index contributed by atoms with van der Waals surface area (Å²) in [6, 6.07) is 6.77. The molecule has 3 N–H and O–H groups in total. The molecule has 1 aliphatic heterocycles. The van der Waals surface area contributed by atoms with Gasteiger partial charge in [-0.05, 0) is 43.9 Å². The molecule has 23 heavy (non-hydrogen) atoms. The summed E-state index contributed by atoms with van der Waals surface area (Å²) in [4.78, 5) is 23.1. The lowest BCUT2D eigenvalue weighted by molar-refractivity contribution is -0.137. The maximum Gasteiger partial charge on any atom is 0.303 e. The molecule has 1 aliphatic rings. The van der Waals surface area contributed by atoms with E-state index in [4.69, 9.17) is 5.11 Å². The lowest BCUT2D eigenvalue weighted by atomic mass is 10.0. The Morgan fingerprint density at radius 3 is 2.78 bits per heavy atom. The van der Waals surface area contributed by atoms with Crippen LogP contribution in [0.15, 0.2) is 24.3 Å². The lowest BCUT2D eigenvalue weighted by Gasteiger charge is -2.32. The van der Waals surface area contributed by atoms with Gasteiger partial charge in [-0.15, -0.1) is 0 Å². The number of hydrogen-bond acceptors (Lipinski definition) is 4. The summed E-state index contributed by atoms with van der Waals surface area (Å²) in [5.74, 6) is -1.48. The second-order valence-corrected chi connectivity index (χ2v) is 7.98. The van der Waals surface area contributed by atoms with E-state index in [1.165, 1.54) is 6.92 Å². The summed E-state index contributed by atoms with van der Waals surface area (Å²) in [5.41, 5.74) is 1.22. The third kappa shape index (κ3) is 3.89. The van der Waals surface area contributed by atoms with E-state index >= 15 is 0 Å². The number of rotatable bonds is 5. The van der Waals surface area contributed by atoms with Gasteiger partial charge in [-0.1, -0.05) is 12.1 Å². The standard InChI is InChI=1S/C15H20N2O5S/c1-15(8-3-9-16-23(15,21)22)14(20)17-12-5-2-4-11(10-12)6-7-13(18)19/h2,4-5,10,16H,3,6-9H2,1H3,(H,17,20)(H,18,19). The second kappa shape index (κ2) is 6.67. The highest BCUT2D eigenvalue weighted by Gasteiger charge is 2.47. The molecule has 1 fully saturated rings. The Morgan fingerprint density at radius 2 is 2.13 bits per heavy atom. The molecule has 1 amide bonds. The summed E-state index contributed by atoms with van der Waals surface area (Å²) >= 11 is 0. The predicted molar refractivity (Wildman–Crippen MR) is 85.6 cm³/mol. The van der Waals surface area contributed by atoms with Gasteiger partial charge in [-0.25, -0.2) is 13.1 Å². The summed E-state index contributed by atoms with van der Waals surface area (Å²) in [6.07, 6.45) is 1.19. The van der Waals surface area contributed by atoms with Crippen molar-refractivity contribution >= 4 is 27.6 Å². The first-order valence-electron chi connectivity index (χ1n) is 7.36. The maximum absolute atomic E-state index is 12.5. The van der Waals surface area contributed by atoms with Crippen LogP contribution in [0.2, 0.25) is 0 Å². The number of sulfonamides is 1. The number of aliphatic carboxylic acids is 1. The van der Waals surface area contributed by atoms with Crippen LogP contribution in [0.4, 0.5) is 5.69 Å².